The summed E-state index contributed by atoms with van der Waals surface area (Å²) in [7, 11) is -1.87. The van der Waals surface area contributed by atoms with Crippen LogP contribution in [-0.4, -0.2) is 18.2 Å². The van der Waals surface area contributed by atoms with Gasteiger partial charge in [-0.3, -0.25) is 4.68 Å². The number of anilines is 1. The standard InChI is InChI=1S/C13H16ClN3O2S/c1-3-10-13(14)11(17(2)16-10)8-20(18,19)12-7-5-4-6-9(12)15/h4-7H,3,8,15H2,1-2H3. The van der Waals surface area contributed by atoms with Gasteiger partial charge in [-0.2, -0.15) is 5.10 Å². The van der Waals surface area contributed by atoms with Crippen LogP contribution in [0.4, 0.5) is 5.69 Å². The molecule has 1 aromatic carbocycles. The van der Waals surface area contributed by atoms with Crippen molar-refractivity contribution in [3.8, 4) is 0 Å². The molecule has 0 saturated heterocycles. The van der Waals surface area contributed by atoms with Gasteiger partial charge in [0.25, 0.3) is 0 Å². The number of sulfone groups is 1. The highest BCUT2D eigenvalue weighted by Gasteiger charge is 2.23. The SMILES string of the molecule is CCc1nn(C)c(CS(=O)(=O)c2ccccc2N)c1Cl. The number of aryl methyl sites for hydroxylation is 2. The van der Waals surface area contributed by atoms with Crippen molar-refractivity contribution in [1.82, 2.24) is 9.78 Å². The van der Waals surface area contributed by atoms with Crippen LogP contribution in [0.25, 0.3) is 0 Å². The van der Waals surface area contributed by atoms with Crippen LogP contribution < -0.4 is 5.73 Å². The maximum atomic E-state index is 12.4. The summed E-state index contributed by atoms with van der Waals surface area (Å²) < 4.78 is 26.4. The van der Waals surface area contributed by atoms with Crippen molar-refractivity contribution in [1.29, 1.82) is 0 Å². The first kappa shape index (κ1) is 14.9. The largest absolute Gasteiger partial charge is 0.398 e. The van der Waals surface area contributed by atoms with Crippen molar-refractivity contribution < 1.29 is 8.42 Å². The van der Waals surface area contributed by atoms with E-state index in [0.717, 1.165) is 0 Å². The topological polar surface area (TPSA) is 78.0 Å². The molecule has 0 aliphatic rings. The van der Waals surface area contributed by atoms with E-state index < -0.39 is 9.84 Å². The molecule has 108 valence electrons. The highest BCUT2D eigenvalue weighted by molar-refractivity contribution is 7.90. The van der Waals surface area contributed by atoms with Gasteiger partial charge < -0.3 is 5.73 Å². The zero-order valence-electron chi connectivity index (χ0n) is 11.3. The third kappa shape index (κ3) is 2.66. The first-order chi connectivity index (χ1) is 9.36. The maximum Gasteiger partial charge on any atom is 0.186 e. The molecule has 2 aromatic rings. The second-order valence-electron chi connectivity index (χ2n) is 4.48. The third-order valence-electron chi connectivity index (χ3n) is 3.08. The summed E-state index contributed by atoms with van der Waals surface area (Å²) in [5.74, 6) is -0.219. The Morgan fingerprint density at radius 1 is 1.35 bits per heavy atom. The molecule has 2 N–H and O–H groups in total. The van der Waals surface area contributed by atoms with Crippen LogP contribution in [0, 0.1) is 0 Å². The van der Waals surface area contributed by atoms with E-state index >= 15 is 0 Å². The Balaban J connectivity index is 2.44. The van der Waals surface area contributed by atoms with Gasteiger partial charge in [-0.25, -0.2) is 8.42 Å². The Labute approximate surface area is 123 Å². The molecule has 0 aliphatic heterocycles. The van der Waals surface area contributed by atoms with Gasteiger partial charge in [0.15, 0.2) is 9.84 Å². The predicted molar refractivity (Wildman–Crippen MR) is 79.3 cm³/mol. The van der Waals surface area contributed by atoms with Crippen molar-refractivity contribution in [3.05, 3.63) is 40.7 Å². The summed E-state index contributed by atoms with van der Waals surface area (Å²) in [6.07, 6.45) is 0.653. The molecule has 0 unspecified atom stereocenters. The Hall–Kier alpha value is -1.53. The van der Waals surface area contributed by atoms with Gasteiger partial charge in [-0.1, -0.05) is 30.7 Å². The maximum absolute atomic E-state index is 12.4. The minimum absolute atomic E-state index is 0.121. The molecule has 5 nitrogen and oxygen atoms in total. The van der Waals surface area contributed by atoms with Crippen LogP contribution in [0.2, 0.25) is 5.02 Å². The first-order valence-electron chi connectivity index (χ1n) is 6.14. The minimum Gasteiger partial charge on any atom is -0.398 e. The molecular weight excluding hydrogens is 298 g/mol. The summed E-state index contributed by atoms with van der Waals surface area (Å²) in [6, 6.07) is 6.40. The Bertz CT molecular complexity index is 738. The minimum atomic E-state index is -3.55. The second kappa shape index (κ2) is 5.46. The van der Waals surface area contributed by atoms with E-state index in [1.165, 1.54) is 10.7 Å². The van der Waals surface area contributed by atoms with E-state index in [-0.39, 0.29) is 16.3 Å². The lowest BCUT2D eigenvalue weighted by molar-refractivity contribution is 0.592. The van der Waals surface area contributed by atoms with Crippen LogP contribution >= 0.6 is 11.6 Å². The lowest BCUT2D eigenvalue weighted by Gasteiger charge is -2.08. The molecule has 20 heavy (non-hydrogen) atoms. The number of rotatable bonds is 4. The number of nitrogens with two attached hydrogens (primary N) is 1. The van der Waals surface area contributed by atoms with Gasteiger partial charge in [0.1, 0.15) is 0 Å². The molecule has 7 heteroatoms. The molecule has 0 saturated carbocycles. The predicted octanol–water partition coefficient (Wildman–Crippen LogP) is 2.19. The van der Waals surface area contributed by atoms with Crippen LogP contribution in [0.1, 0.15) is 18.3 Å². The average Bonchev–Trinajstić information content (AvgIpc) is 2.66. The van der Waals surface area contributed by atoms with Crippen LogP contribution in [0.5, 0.6) is 0 Å². The zero-order chi connectivity index (χ0) is 14.9. The number of aromatic nitrogens is 2. The molecule has 0 aliphatic carbocycles. The van der Waals surface area contributed by atoms with E-state index in [9.17, 15) is 8.42 Å². The number of hydrogen-bond donors (Lipinski definition) is 1. The van der Waals surface area contributed by atoms with E-state index in [4.69, 9.17) is 17.3 Å². The second-order valence-corrected chi connectivity index (χ2v) is 6.82. The van der Waals surface area contributed by atoms with Gasteiger partial charge in [-0.15, -0.1) is 0 Å². The monoisotopic (exact) mass is 313 g/mol. The molecule has 2 rings (SSSR count). The Kier molecular flexibility index (Phi) is 4.06. The fourth-order valence-electron chi connectivity index (χ4n) is 2.00. The first-order valence-corrected chi connectivity index (χ1v) is 8.17. The lowest BCUT2D eigenvalue weighted by Crippen LogP contribution is -2.11. The van der Waals surface area contributed by atoms with Crippen molar-refractivity contribution in [2.45, 2.75) is 24.0 Å². The molecular formula is C13H16ClN3O2S. The van der Waals surface area contributed by atoms with Gasteiger partial charge in [-0.05, 0) is 18.6 Å². The van der Waals surface area contributed by atoms with E-state index in [0.29, 0.717) is 22.8 Å². The van der Waals surface area contributed by atoms with Crippen molar-refractivity contribution >= 4 is 27.1 Å². The number of halogens is 1. The highest BCUT2D eigenvalue weighted by Crippen LogP contribution is 2.27. The van der Waals surface area contributed by atoms with Crippen molar-refractivity contribution in [2.75, 3.05) is 5.73 Å². The number of para-hydroxylation sites is 1. The van der Waals surface area contributed by atoms with E-state index in [1.54, 1.807) is 25.2 Å². The molecule has 0 atom stereocenters. The van der Waals surface area contributed by atoms with Crippen molar-refractivity contribution in [2.24, 2.45) is 7.05 Å². The highest BCUT2D eigenvalue weighted by atomic mass is 35.5. The normalized spacial score (nSPS) is 11.8. The molecule has 0 bridgehead atoms. The van der Waals surface area contributed by atoms with Gasteiger partial charge in [0.2, 0.25) is 0 Å². The van der Waals surface area contributed by atoms with Crippen LogP contribution in [-0.2, 0) is 29.1 Å². The molecule has 1 heterocycles. The Morgan fingerprint density at radius 3 is 2.55 bits per heavy atom. The molecule has 1 aromatic heterocycles. The number of nitrogens with zero attached hydrogens (tertiary/aromatic N) is 2. The van der Waals surface area contributed by atoms with Crippen molar-refractivity contribution in [3.63, 3.8) is 0 Å². The summed E-state index contributed by atoms with van der Waals surface area (Å²) in [5, 5.41) is 4.63. The molecule has 0 amide bonds. The van der Waals surface area contributed by atoms with Crippen LogP contribution in [0.15, 0.2) is 29.2 Å². The average molecular weight is 314 g/mol. The Morgan fingerprint density at radius 2 is 2.00 bits per heavy atom. The fourth-order valence-corrected chi connectivity index (χ4v) is 4.00. The van der Waals surface area contributed by atoms with Crippen LogP contribution in [0.3, 0.4) is 0 Å². The smallest absolute Gasteiger partial charge is 0.186 e. The molecule has 0 radical (unpaired) electrons. The van der Waals surface area contributed by atoms with Gasteiger partial charge in [0, 0.05) is 7.05 Å². The molecule has 0 fully saturated rings. The quantitative estimate of drug-likeness (QED) is 0.878. The van der Waals surface area contributed by atoms with E-state index in [1.807, 2.05) is 6.92 Å². The van der Waals surface area contributed by atoms with E-state index in [2.05, 4.69) is 5.10 Å². The molecule has 0 spiro atoms. The number of nitrogen functional groups attached to an aromatic ring is 1. The summed E-state index contributed by atoms with van der Waals surface area (Å²) in [5.41, 5.74) is 7.14. The number of hydrogen-bond acceptors (Lipinski definition) is 4. The van der Waals surface area contributed by atoms with Gasteiger partial charge in [0.05, 0.1) is 32.7 Å². The summed E-state index contributed by atoms with van der Waals surface area (Å²) >= 11 is 6.18. The zero-order valence-corrected chi connectivity index (χ0v) is 12.9. The van der Waals surface area contributed by atoms with Gasteiger partial charge >= 0.3 is 0 Å². The lowest BCUT2D eigenvalue weighted by atomic mass is 10.3. The summed E-state index contributed by atoms with van der Waals surface area (Å²) in [4.78, 5) is 0.121. The number of benzene rings is 1. The fraction of sp³-hybridized carbons (Fsp3) is 0.308. The third-order valence-corrected chi connectivity index (χ3v) is 5.22. The summed E-state index contributed by atoms with van der Waals surface area (Å²) in [6.45, 7) is 1.92.